The molecule has 0 fully saturated rings. The lowest BCUT2D eigenvalue weighted by Crippen LogP contribution is -2.42. The maximum Gasteiger partial charge on any atom is 0.326 e. The first kappa shape index (κ1) is 15.7. The minimum absolute atomic E-state index is 0.210. The topological polar surface area (TPSA) is 66.4 Å². The number of aliphatic carboxylic acids is 1. The van der Waals surface area contributed by atoms with E-state index in [1.807, 2.05) is 38.1 Å². The number of carboxylic acid groups (broad SMARTS) is 1. The van der Waals surface area contributed by atoms with E-state index in [1.54, 1.807) is 0 Å². The Balaban J connectivity index is 2.65. The number of carboxylic acids is 1. The van der Waals surface area contributed by atoms with Crippen LogP contribution in [0.25, 0.3) is 0 Å². The van der Waals surface area contributed by atoms with Crippen molar-refractivity contribution in [2.75, 3.05) is 0 Å². The number of carbonyl (C=O) groups is 2. The van der Waals surface area contributed by atoms with Crippen LogP contribution in [0.15, 0.2) is 28.7 Å². The predicted molar refractivity (Wildman–Crippen MR) is 76.9 cm³/mol. The number of halogens is 1. The van der Waals surface area contributed by atoms with Gasteiger partial charge in [-0.05, 0) is 23.6 Å². The summed E-state index contributed by atoms with van der Waals surface area (Å²) in [6.45, 7) is 3.84. The van der Waals surface area contributed by atoms with Crippen molar-refractivity contribution >= 4 is 27.8 Å². The van der Waals surface area contributed by atoms with Crippen LogP contribution in [0.5, 0.6) is 0 Å². The van der Waals surface area contributed by atoms with Crippen LogP contribution >= 0.6 is 15.9 Å². The zero-order valence-electron chi connectivity index (χ0n) is 11.0. The number of nitrogens with one attached hydrogen (secondary N) is 1. The van der Waals surface area contributed by atoms with Crippen molar-refractivity contribution in [3.05, 3.63) is 34.3 Å². The lowest BCUT2D eigenvalue weighted by atomic mass is 10.0. The van der Waals surface area contributed by atoms with Gasteiger partial charge >= 0.3 is 5.97 Å². The number of hydrogen-bond donors (Lipinski definition) is 2. The fourth-order valence-corrected chi connectivity index (χ4v) is 1.94. The molecule has 0 aliphatic heterocycles. The lowest BCUT2D eigenvalue weighted by Gasteiger charge is -2.15. The molecule has 1 rings (SSSR count). The molecule has 0 aliphatic carbocycles. The van der Waals surface area contributed by atoms with E-state index in [2.05, 4.69) is 21.2 Å². The van der Waals surface area contributed by atoms with E-state index in [-0.39, 0.29) is 18.2 Å². The third-order valence-electron chi connectivity index (χ3n) is 2.58. The zero-order chi connectivity index (χ0) is 14.4. The first-order valence-electron chi connectivity index (χ1n) is 6.15. The van der Waals surface area contributed by atoms with Crippen molar-refractivity contribution in [2.45, 2.75) is 32.7 Å². The molecule has 0 aliphatic rings. The second-order valence-corrected chi connectivity index (χ2v) is 5.80. The summed E-state index contributed by atoms with van der Waals surface area (Å²) in [7, 11) is 0. The van der Waals surface area contributed by atoms with Gasteiger partial charge in [0.15, 0.2) is 0 Å². The average molecular weight is 328 g/mol. The Morgan fingerprint density at radius 2 is 1.84 bits per heavy atom. The monoisotopic (exact) mass is 327 g/mol. The molecule has 104 valence electrons. The molecule has 5 heteroatoms. The highest BCUT2D eigenvalue weighted by atomic mass is 79.9. The molecule has 0 unspecified atom stereocenters. The van der Waals surface area contributed by atoms with Gasteiger partial charge in [-0.3, -0.25) is 4.79 Å². The summed E-state index contributed by atoms with van der Waals surface area (Å²) in [5, 5.41) is 11.7. The van der Waals surface area contributed by atoms with E-state index < -0.39 is 12.0 Å². The molecule has 0 bridgehead atoms. The highest BCUT2D eigenvalue weighted by molar-refractivity contribution is 9.10. The summed E-state index contributed by atoms with van der Waals surface area (Å²) < 4.78 is 0.937. The fraction of sp³-hybridized carbons (Fsp3) is 0.429. The fourth-order valence-electron chi connectivity index (χ4n) is 1.68. The lowest BCUT2D eigenvalue weighted by molar-refractivity contribution is -0.141. The molecule has 0 saturated carbocycles. The minimum atomic E-state index is -1.01. The molecule has 1 aromatic rings. The van der Waals surface area contributed by atoms with Crippen LogP contribution in [0.3, 0.4) is 0 Å². The molecule has 4 nitrogen and oxygen atoms in total. The van der Waals surface area contributed by atoms with E-state index in [0.29, 0.717) is 6.42 Å². The largest absolute Gasteiger partial charge is 0.480 e. The van der Waals surface area contributed by atoms with Crippen LogP contribution in [0.2, 0.25) is 0 Å². The van der Waals surface area contributed by atoms with Crippen molar-refractivity contribution in [1.29, 1.82) is 0 Å². The van der Waals surface area contributed by atoms with Gasteiger partial charge in [-0.2, -0.15) is 0 Å². The van der Waals surface area contributed by atoms with Crippen molar-refractivity contribution in [3.63, 3.8) is 0 Å². The molecule has 1 aromatic carbocycles. The van der Waals surface area contributed by atoms with E-state index in [0.717, 1.165) is 10.0 Å². The van der Waals surface area contributed by atoms with Crippen molar-refractivity contribution < 1.29 is 14.7 Å². The quantitative estimate of drug-likeness (QED) is 0.844. The van der Waals surface area contributed by atoms with Gasteiger partial charge in [0.2, 0.25) is 5.91 Å². The average Bonchev–Trinajstić information content (AvgIpc) is 2.29. The van der Waals surface area contributed by atoms with Gasteiger partial charge in [0.05, 0.1) is 0 Å². The Morgan fingerprint density at radius 3 is 2.32 bits per heavy atom. The number of hydrogen-bond acceptors (Lipinski definition) is 2. The maximum absolute atomic E-state index is 11.6. The third-order valence-corrected chi connectivity index (χ3v) is 3.11. The second-order valence-electron chi connectivity index (χ2n) is 4.89. The van der Waals surface area contributed by atoms with Gasteiger partial charge in [0.1, 0.15) is 6.04 Å². The third kappa shape index (κ3) is 5.87. The molecule has 0 aromatic heterocycles. The van der Waals surface area contributed by atoms with E-state index in [1.165, 1.54) is 0 Å². The second kappa shape index (κ2) is 7.28. The number of benzene rings is 1. The highest BCUT2D eigenvalue weighted by Crippen LogP contribution is 2.12. The standard InChI is InChI=1S/C14H18BrNO3/c1-9(2)7-13(17)16-12(14(18)19)8-10-3-5-11(15)6-4-10/h3-6,9,12H,7-8H2,1-2H3,(H,16,17)(H,18,19)/t12-/m1/s1. The van der Waals surface area contributed by atoms with E-state index in [4.69, 9.17) is 5.11 Å². The van der Waals surface area contributed by atoms with Crippen LogP contribution < -0.4 is 5.32 Å². The number of rotatable bonds is 6. The van der Waals surface area contributed by atoms with Crippen molar-refractivity contribution in [3.8, 4) is 0 Å². The van der Waals surface area contributed by atoms with Gasteiger partial charge in [0.25, 0.3) is 0 Å². The Bertz CT molecular complexity index is 443. The Labute approximate surface area is 121 Å². The Morgan fingerprint density at radius 1 is 1.26 bits per heavy atom. The van der Waals surface area contributed by atoms with Crippen LogP contribution in [0, 0.1) is 5.92 Å². The Kier molecular flexibility index (Phi) is 6.02. The summed E-state index contributed by atoms with van der Waals surface area (Å²) in [6.07, 6.45) is 0.622. The Hall–Kier alpha value is -1.36. The summed E-state index contributed by atoms with van der Waals surface area (Å²) in [4.78, 5) is 22.8. The molecule has 0 heterocycles. The van der Waals surface area contributed by atoms with Crippen LogP contribution in [0.4, 0.5) is 0 Å². The molecule has 1 amide bonds. The first-order chi connectivity index (χ1) is 8.88. The molecule has 0 spiro atoms. The van der Waals surface area contributed by atoms with Crippen LogP contribution in [0.1, 0.15) is 25.8 Å². The van der Waals surface area contributed by atoms with Gasteiger partial charge in [-0.25, -0.2) is 4.79 Å². The minimum Gasteiger partial charge on any atom is -0.480 e. The smallest absolute Gasteiger partial charge is 0.326 e. The predicted octanol–water partition coefficient (Wildman–Crippen LogP) is 2.61. The summed E-state index contributed by atoms with van der Waals surface area (Å²) in [5.41, 5.74) is 0.875. The molecular formula is C14H18BrNO3. The van der Waals surface area contributed by atoms with Crippen LogP contribution in [-0.4, -0.2) is 23.0 Å². The van der Waals surface area contributed by atoms with Gasteiger partial charge in [0, 0.05) is 17.3 Å². The molecule has 1 atom stereocenters. The zero-order valence-corrected chi connectivity index (χ0v) is 12.6. The van der Waals surface area contributed by atoms with Crippen LogP contribution in [-0.2, 0) is 16.0 Å². The first-order valence-corrected chi connectivity index (χ1v) is 6.94. The normalized spacial score (nSPS) is 12.2. The van der Waals surface area contributed by atoms with Crippen molar-refractivity contribution in [1.82, 2.24) is 5.32 Å². The molecule has 2 N–H and O–H groups in total. The summed E-state index contributed by atoms with van der Waals surface area (Å²) in [5.74, 6) is -1.03. The van der Waals surface area contributed by atoms with Gasteiger partial charge in [-0.1, -0.05) is 41.9 Å². The highest BCUT2D eigenvalue weighted by Gasteiger charge is 2.20. The SMILES string of the molecule is CC(C)CC(=O)N[C@H](Cc1ccc(Br)cc1)C(=O)O. The maximum atomic E-state index is 11.6. The van der Waals surface area contributed by atoms with E-state index in [9.17, 15) is 9.59 Å². The van der Waals surface area contributed by atoms with E-state index >= 15 is 0 Å². The van der Waals surface area contributed by atoms with Gasteiger partial charge < -0.3 is 10.4 Å². The van der Waals surface area contributed by atoms with Crippen molar-refractivity contribution in [2.24, 2.45) is 5.92 Å². The molecule has 19 heavy (non-hydrogen) atoms. The summed E-state index contributed by atoms with van der Waals surface area (Å²) in [6, 6.07) is 6.50. The van der Waals surface area contributed by atoms with Gasteiger partial charge in [-0.15, -0.1) is 0 Å². The number of amides is 1. The summed E-state index contributed by atoms with van der Waals surface area (Å²) >= 11 is 3.32. The molecular weight excluding hydrogens is 310 g/mol. The molecule has 0 saturated heterocycles. The molecule has 0 radical (unpaired) electrons. The number of carbonyl (C=O) groups excluding carboxylic acids is 1.